The van der Waals surface area contributed by atoms with Crippen LogP contribution in [-0.2, 0) is 10.0 Å². The summed E-state index contributed by atoms with van der Waals surface area (Å²) in [6.45, 7) is 1.94. The van der Waals surface area contributed by atoms with Crippen molar-refractivity contribution in [3.63, 3.8) is 0 Å². The zero-order valence-electron chi connectivity index (χ0n) is 9.69. The van der Waals surface area contributed by atoms with Crippen LogP contribution in [0.2, 0.25) is 0 Å². The Bertz CT molecular complexity index is 480. The molecule has 1 saturated carbocycles. The predicted octanol–water partition coefficient (Wildman–Crippen LogP) is 2.92. The summed E-state index contributed by atoms with van der Waals surface area (Å²) in [5.74, 6) is 0.500. The zero-order valence-corrected chi connectivity index (χ0v) is 12.1. The van der Waals surface area contributed by atoms with Crippen molar-refractivity contribution in [1.29, 1.82) is 0 Å². The van der Waals surface area contributed by atoms with Crippen molar-refractivity contribution >= 4 is 26.0 Å². The summed E-state index contributed by atoms with van der Waals surface area (Å²) >= 11 is 3.29. The van der Waals surface area contributed by atoms with Gasteiger partial charge in [-0.15, -0.1) is 0 Å². The Morgan fingerprint density at radius 1 is 1.29 bits per heavy atom. The minimum Gasteiger partial charge on any atom is -0.208 e. The molecule has 5 heteroatoms. The van der Waals surface area contributed by atoms with Gasteiger partial charge in [0.1, 0.15) is 0 Å². The lowest BCUT2D eigenvalue weighted by Gasteiger charge is -2.31. The second kappa shape index (κ2) is 5.08. The van der Waals surface area contributed by atoms with Crippen molar-refractivity contribution in [1.82, 2.24) is 4.72 Å². The molecule has 1 aliphatic carbocycles. The topological polar surface area (TPSA) is 46.2 Å². The highest BCUT2D eigenvalue weighted by atomic mass is 79.9. The van der Waals surface area contributed by atoms with Gasteiger partial charge in [0.05, 0.1) is 4.90 Å². The third-order valence-electron chi connectivity index (χ3n) is 3.32. The van der Waals surface area contributed by atoms with E-state index in [1.807, 2.05) is 6.92 Å². The van der Waals surface area contributed by atoms with Gasteiger partial charge in [0, 0.05) is 10.5 Å². The summed E-state index contributed by atoms with van der Waals surface area (Å²) in [5, 5.41) is 0. The molecule has 1 aromatic carbocycles. The number of rotatable bonds is 4. The lowest BCUT2D eigenvalue weighted by Crippen LogP contribution is -2.40. The van der Waals surface area contributed by atoms with Crippen LogP contribution >= 0.6 is 15.9 Å². The van der Waals surface area contributed by atoms with Crippen LogP contribution in [0.15, 0.2) is 33.6 Å². The Kier molecular flexibility index (Phi) is 3.90. The Hall–Kier alpha value is -0.390. The summed E-state index contributed by atoms with van der Waals surface area (Å²) in [4.78, 5) is 0.326. The lowest BCUT2D eigenvalue weighted by molar-refractivity contribution is 0.260. The van der Waals surface area contributed by atoms with Crippen molar-refractivity contribution in [2.75, 3.05) is 0 Å². The maximum atomic E-state index is 12.1. The largest absolute Gasteiger partial charge is 0.240 e. The van der Waals surface area contributed by atoms with E-state index < -0.39 is 10.0 Å². The summed E-state index contributed by atoms with van der Waals surface area (Å²) < 4.78 is 27.8. The van der Waals surface area contributed by atoms with E-state index in [1.165, 1.54) is 6.42 Å². The highest BCUT2D eigenvalue weighted by Gasteiger charge is 2.27. The second-order valence-electron chi connectivity index (χ2n) is 4.55. The van der Waals surface area contributed by atoms with Gasteiger partial charge in [0.2, 0.25) is 10.0 Å². The molecule has 1 N–H and O–H groups in total. The normalized spacial score (nSPS) is 18.7. The molecule has 0 amide bonds. The Morgan fingerprint density at radius 2 is 1.88 bits per heavy atom. The molecule has 0 radical (unpaired) electrons. The standard InChI is InChI=1S/C12H16BrNO2S/c1-9(10-3-2-4-10)14-17(15,16)12-7-5-11(13)6-8-12/h5-10,14H,2-4H2,1H3. The van der Waals surface area contributed by atoms with Gasteiger partial charge in [-0.3, -0.25) is 0 Å². The molecule has 3 nitrogen and oxygen atoms in total. The van der Waals surface area contributed by atoms with Crippen LogP contribution in [0.25, 0.3) is 0 Å². The monoisotopic (exact) mass is 317 g/mol. The van der Waals surface area contributed by atoms with Gasteiger partial charge in [-0.25, -0.2) is 13.1 Å². The quantitative estimate of drug-likeness (QED) is 0.928. The van der Waals surface area contributed by atoms with Crippen molar-refractivity contribution in [3.8, 4) is 0 Å². The molecule has 0 aromatic heterocycles. The van der Waals surface area contributed by atoms with Crippen LogP contribution in [0.4, 0.5) is 0 Å². The van der Waals surface area contributed by atoms with Crippen molar-refractivity contribution < 1.29 is 8.42 Å². The fourth-order valence-corrected chi connectivity index (χ4v) is 3.54. The molecule has 1 aromatic rings. The summed E-state index contributed by atoms with van der Waals surface area (Å²) in [5.41, 5.74) is 0. The van der Waals surface area contributed by atoms with Crippen LogP contribution < -0.4 is 4.72 Å². The highest BCUT2D eigenvalue weighted by molar-refractivity contribution is 9.10. The molecule has 0 spiro atoms. The van der Waals surface area contributed by atoms with Crippen LogP contribution in [0, 0.1) is 5.92 Å². The molecule has 17 heavy (non-hydrogen) atoms. The molecular formula is C12H16BrNO2S. The SMILES string of the molecule is CC(NS(=O)(=O)c1ccc(Br)cc1)C1CCC1. The highest BCUT2D eigenvalue weighted by Crippen LogP contribution is 2.30. The van der Waals surface area contributed by atoms with E-state index in [1.54, 1.807) is 24.3 Å². The van der Waals surface area contributed by atoms with Gasteiger partial charge in [-0.1, -0.05) is 22.4 Å². The Balaban J connectivity index is 2.10. The molecule has 1 aliphatic rings. The molecule has 1 fully saturated rings. The Labute approximate surface area is 111 Å². The van der Waals surface area contributed by atoms with E-state index in [9.17, 15) is 8.42 Å². The van der Waals surface area contributed by atoms with Crippen molar-refractivity contribution in [2.24, 2.45) is 5.92 Å². The van der Waals surface area contributed by atoms with Gasteiger partial charge >= 0.3 is 0 Å². The first kappa shape index (κ1) is 13.1. The molecule has 0 heterocycles. The van der Waals surface area contributed by atoms with Crippen molar-refractivity contribution in [2.45, 2.75) is 37.1 Å². The molecule has 0 aliphatic heterocycles. The molecular weight excluding hydrogens is 302 g/mol. The predicted molar refractivity (Wildman–Crippen MR) is 71.3 cm³/mol. The fourth-order valence-electron chi connectivity index (χ4n) is 1.96. The van der Waals surface area contributed by atoms with Gasteiger partial charge < -0.3 is 0 Å². The molecule has 1 atom stereocenters. The van der Waals surface area contributed by atoms with Crippen LogP contribution in [-0.4, -0.2) is 14.5 Å². The molecule has 1 unspecified atom stereocenters. The van der Waals surface area contributed by atoms with E-state index in [4.69, 9.17) is 0 Å². The van der Waals surface area contributed by atoms with E-state index in [0.29, 0.717) is 10.8 Å². The number of hydrogen-bond donors (Lipinski definition) is 1. The molecule has 0 bridgehead atoms. The molecule has 2 rings (SSSR count). The smallest absolute Gasteiger partial charge is 0.208 e. The van der Waals surface area contributed by atoms with Crippen LogP contribution in [0.3, 0.4) is 0 Å². The van der Waals surface area contributed by atoms with Gasteiger partial charge in [-0.2, -0.15) is 0 Å². The third-order valence-corrected chi connectivity index (χ3v) is 5.43. The van der Waals surface area contributed by atoms with Gasteiger partial charge in [0.25, 0.3) is 0 Å². The van der Waals surface area contributed by atoms with Gasteiger partial charge in [0.15, 0.2) is 0 Å². The average Bonchev–Trinajstić information content (AvgIpc) is 2.14. The van der Waals surface area contributed by atoms with E-state index in [2.05, 4.69) is 20.7 Å². The third kappa shape index (κ3) is 3.09. The first-order valence-electron chi connectivity index (χ1n) is 5.77. The first-order valence-corrected chi connectivity index (χ1v) is 8.04. The van der Waals surface area contributed by atoms with E-state index in [0.717, 1.165) is 17.3 Å². The Morgan fingerprint density at radius 3 is 2.35 bits per heavy atom. The zero-order chi connectivity index (χ0) is 12.5. The van der Waals surface area contributed by atoms with Crippen LogP contribution in [0.5, 0.6) is 0 Å². The number of halogens is 1. The average molecular weight is 318 g/mol. The molecule has 0 saturated heterocycles. The van der Waals surface area contributed by atoms with E-state index in [-0.39, 0.29) is 6.04 Å². The first-order chi connectivity index (χ1) is 7.99. The number of nitrogens with one attached hydrogen (secondary N) is 1. The second-order valence-corrected chi connectivity index (χ2v) is 7.18. The summed E-state index contributed by atoms with van der Waals surface area (Å²) in [6.07, 6.45) is 3.48. The van der Waals surface area contributed by atoms with Gasteiger partial charge in [-0.05, 0) is 49.9 Å². The minimum absolute atomic E-state index is 0.0254. The summed E-state index contributed by atoms with van der Waals surface area (Å²) in [7, 11) is -3.37. The lowest BCUT2D eigenvalue weighted by atomic mass is 9.81. The fraction of sp³-hybridized carbons (Fsp3) is 0.500. The number of benzene rings is 1. The van der Waals surface area contributed by atoms with Crippen molar-refractivity contribution in [3.05, 3.63) is 28.7 Å². The maximum Gasteiger partial charge on any atom is 0.240 e. The van der Waals surface area contributed by atoms with Crippen LogP contribution in [0.1, 0.15) is 26.2 Å². The number of sulfonamides is 1. The minimum atomic E-state index is -3.37. The van der Waals surface area contributed by atoms with E-state index >= 15 is 0 Å². The molecule has 94 valence electrons. The maximum absolute atomic E-state index is 12.1. The number of hydrogen-bond acceptors (Lipinski definition) is 2. The summed E-state index contributed by atoms with van der Waals surface area (Å²) in [6, 6.07) is 6.72.